The second-order valence-electron chi connectivity index (χ2n) is 9.59. The number of fused-ring (bicyclic) bond motifs is 2. The topological polar surface area (TPSA) is 98.8 Å². The smallest absolute Gasteiger partial charge is 0.435 e. The number of halogens is 1. The van der Waals surface area contributed by atoms with Crippen molar-refractivity contribution in [2.24, 2.45) is 5.73 Å². The largest absolute Gasteiger partial charge is 0.446 e. The third kappa shape index (κ3) is 4.78. The number of para-hydroxylation sites is 1. The number of aromatic nitrogens is 4. The Balaban J connectivity index is 1.19. The highest BCUT2D eigenvalue weighted by molar-refractivity contribution is 5.92. The number of carbonyl (C=O) groups is 1. The van der Waals surface area contributed by atoms with E-state index >= 15 is 0 Å². The third-order valence-corrected chi connectivity index (χ3v) is 6.87. The Hall–Kier alpha value is -4.82. The first-order valence-corrected chi connectivity index (χ1v) is 12.7. The predicted molar refractivity (Wildman–Crippen MR) is 150 cm³/mol. The van der Waals surface area contributed by atoms with E-state index in [1.54, 1.807) is 31.5 Å². The molecule has 0 aliphatic heterocycles. The predicted octanol–water partition coefficient (Wildman–Crippen LogP) is 6.25. The number of nitrogens with zero attached hydrogens (tertiary/aromatic N) is 3. The number of nitrogens with one attached hydrogen (secondary N) is 1. The van der Waals surface area contributed by atoms with Crippen LogP contribution in [0.5, 0.6) is 0 Å². The van der Waals surface area contributed by atoms with E-state index in [9.17, 15) is 9.18 Å². The van der Waals surface area contributed by atoms with Gasteiger partial charge in [-0.05, 0) is 72.5 Å². The van der Waals surface area contributed by atoms with Crippen molar-refractivity contribution in [3.05, 3.63) is 108 Å². The van der Waals surface area contributed by atoms with Crippen molar-refractivity contribution >= 4 is 27.9 Å². The van der Waals surface area contributed by atoms with Crippen molar-refractivity contribution in [2.75, 3.05) is 6.61 Å². The Morgan fingerprint density at radius 1 is 1.08 bits per heavy atom. The minimum Gasteiger partial charge on any atom is -0.446 e. The van der Waals surface area contributed by atoms with Gasteiger partial charge in [-0.2, -0.15) is 9.78 Å². The molecule has 39 heavy (non-hydrogen) atoms. The lowest BCUT2D eigenvalue weighted by atomic mass is 9.97. The van der Waals surface area contributed by atoms with E-state index in [4.69, 9.17) is 10.5 Å². The summed E-state index contributed by atoms with van der Waals surface area (Å²) in [5, 5.41) is 6.15. The number of aryl methyl sites for hydroxylation is 1. The number of pyridine rings is 1. The van der Waals surface area contributed by atoms with Crippen LogP contribution in [-0.4, -0.2) is 38.5 Å². The van der Waals surface area contributed by atoms with E-state index in [-0.39, 0.29) is 18.5 Å². The summed E-state index contributed by atoms with van der Waals surface area (Å²) in [5.74, 6) is -0.254. The quantitative estimate of drug-likeness (QED) is 0.271. The highest BCUT2D eigenvalue weighted by atomic mass is 19.1. The Labute approximate surface area is 224 Å². The average Bonchev–Trinajstić information content (AvgIpc) is 3.57. The van der Waals surface area contributed by atoms with Gasteiger partial charge in [0.2, 0.25) is 0 Å². The molecule has 0 amide bonds. The van der Waals surface area contributed by atoms with Crippen LogP contribution in [-0.2, 0) is 11.2 Å². The summed E-state index contributed by atoms with van der Waals surface area (Å²) >= 11 is 0. The van der Waals surface area contributed by atoms with Gasteiger partial charge in [-0.3, -0.25) is 4.98 Å². The summed E-state index contributed by atoms with van der Waals surface area (Å²) in [7, 11) is 0. The molecule has 0 saturated heterocycles. The molecule has 0 radical (unpaired) electrons. The molecule has 6 rings (SSSR count). The molecule has 0 saturated carbocycles. The minimum absolute atomic E-state index is 0.0634. The fourth-order valence-electron chi connectivity index (χ4n) is 4.89. The van der Waals surface area contributed by atoms with Crippen molar-refractivity contribution in [2.45, 2.75) is 19.4 Å². The van der Waals surface area contributed by atoms with Gasteiger partial charge in [-0.1, -0.05) is 30.3 Å². The van der Waals surface area contributed by atoms with Crippen molar-refractivity contribution in [3.63, 3.8) is 0 Å². The Bertz CT molecular complexity index is 1820. The number of H-pyrrole nitrogens is 1. The fourth-order valence-corrected chi connectivity index (χ4v) is 4.89. The van der Waals surface area contributed by atoms with Gasteiger partial charge in [0.05, 0.1) is 17.4 Å². The fraction of sp³-hybridized carbons (Fsp3) is 0.129. The lowest BCUT2D eigenvalue weighted by molar-refractivity contribution is 0.138. The zero-order valence-corrected chi connectivity index (χ0v) is 21.3. The van der Waals surface area contributed by atoms with E-state index in [1.807, 2.05) is 60.8 Å². The molecule has 0 unspecified atom stereocenters. The zero-order chi connectivity index (χ0) is 26.9. The van der Waals surface area contributed by atoms with Crippen LogP contribution in [0.1, 0.15) is 11.1 Å². The molecule has 6 aromatic rings. The number of hydrogen-bond acceptors (Lipinski definition) is 5. The van der Waals surface area contributed by atoms with Crippen LogP contribution in [0.15, 0.2) is 91.4 Å². The molecule has 0 aliphatic carbocycles. The van der Waals surface area contributed by atoms with Gasteiger partial charge in [-0.15, -0.1) is 0 Å². The van der Waals surface area contributed by atoms with Crippen molar-refractivity contribution in [1.29, 1.82) is 0 Å². The second kappa shape index (κ2) is 10.2. The van der Waals surface area contributed by atoms with Crippen LogP contribution in [0.4, 0.5) is 9.18 Å². The molecule has 3 N–H and O–H groups in total. The Morgan fingerprint density at radius 3 is 2.79 bits per heavy atom. The van der Waals surface area contributed by atoms with Crippen LogP contribution >= 0.6 is 0 Å². The van der Waals surface area contributed by atoms with Crippen LogP contribution < -0.4 is 5.73 Å². The summed E-state index contributed by atoms with van der Waals surface area (Å²) in [6.45, 7) is 1.80. The van der Waals surface area contributed by atoms with Gasteiger partial charge in [0.25, 0.3) is 0 Å². The first kappa shape index (κ1) is 24.5. The van der Waals surface area contributed by atoms with Gasteiger partial charge in [0.15, 0.2) is 0 Å². The van der Waals surface area contributed by atoms with E-state index in [2.05, 4.69) is 15.1 Å². The van der Waals surface area contributed by atoms with Gasteiger partial charge in [-0.25, -0.2) is 9.18 Å². The summed E-state index contributed by atoms with van der Waals surface area (Å²) in [5.41, 5.74) is 13.0. The third-order valence-electron chi connectivity index (χ3n) is 6.87. The van der Waals surface area contributed by atoms with Gasteiger partial charge in [0, 0.05) is 45.9 Å². The summed E-state index contributed by atoms with van der Waals surface area (Å²) in [4.78, 5) is 20.7. The summed E-state index contributed by atoms with van der Waals surface area (Å²) in [6.07, 6.45) is 5.27. The monoisotopic (exact) mass is 519 g/mol. The molecule has 1 atom stereocenters. The maximum Gasteiger partial charge on any atom is 0.435 e. The maximum absolute atomic E-state index is 13.8. The molecule has 7 nitrogen and oxygen atoms in total. The van der Waals surface area contributed by atoms with Crippen LogP contribution in [0.2, 0.25) is 0 Å². The first-order chi connectivity index (χ1) is 19.0. The van der Waals surface area contributed by atoms with Crippen molar-refractivity contribution < 1.29 is 13.9 Å². The number of rotatable bonds is 6. The van der Waals surface area contributed by atoms with E-state index in [0.717, 1.165) is 44.2 Å². The molecule has 8 heteroatoms. The van der Waals surface area contributed by atoms with Crippen LogP contribution in [0, 0.1) is 12.7 Å². The van der Waals surface area contributed by atoms with Crippen LogP contribution in [0.25, 0.3) is 44.2 Å². The van der Waals surface area contributed by atoms with Crippen molar-refractivity contribution in [1.82, 2.24) is 19.7 Å². The van der Waals surface area contributed by atoms with E-state index in [0.29, 0.717) is 17.5 Å². The zero-order valence-electron chi connectivity index (χ0n) is 21.3. The van der Waals surface area contributed by atoms with E-state index in [1.165, 1.54) is 10.7 Å². The number of nitrogens with two attached hydrogens (primary N) is 1. The normalized spacial score (nSPS) is 12.2. The molecule has 194 valence electrons. The Morgan fingerprint density at radius 2 is 1.92 bits per heavy atom. The number of hydrogen-bond donors (Lipinski definition) is 2. The molecule has 0 bridgehead atoms. The average molecular weight is 520 g/mol. The number of aromatic amines is 1. The second-order valence-corrected chi connectivity index (χ2v) is 9.59. The van der Waals surface area contributed by atoms with Gasteiger partial charge < -0.3 is 15.5 Å². The maximum atomic E-state index is 13.8. The van der Waals surface area contributed by atoms with E-state index < -0.39 is 6.09 Å². The Kier molecular flexibility index (Phi) is 6.38. The van der Waals surface area contributed by atoms with Crippen LogP contribution in [0.3, 0.4) is 0 Å². The lowest BCUT2D eigenvalue weighted by Gasteiger charge is -2.12. The molecule has 3 heterocycles. The summed E-state index contributed by atoms with van der Waals surface area (Å²) in [6, 6.07) is 22.1. The number of benzene rings is 3. The molecule has 0 fully saturated rings. The molecular formula is C31H26FN5O2. The highest BCUT2D eigenvalue weighted by Gasteiger charge is 2.17. The number of ether oxygens (including phenoxy) is 1. The molecule has 0 spiro atoms. The standard InChI is InChI=1S/C31H26FN5O2/c1-19-13-21(8-10-27(19)32)30-26(6-4-12-34-30)20-9-11-29-23(14-20)17-36-37(29)31(38)39-18-24(33)15-22-16-35-28-7-3-2-5-25(22)28/h2-14,16-17,24,35H,15,18,33H2,1H3/t24-/m1/s1. The molecule has 0 aliphatic rings. The van der Waals surface area contributed by atoms with Gasteiger partial charge >= 0.3 is 6.09 Å². The highest BCUT2D eigenvalue weighted by Crippen LogP contribution is 2.33. The van der Waals surface area contributed by atoms with Gasteiger partial charge in [0.1, 0.15) is 12.4 Å². The number of carbonyl (C=O) groups excluding carboxylic acids is 1. The SMILES string of the molecule is Cc1cc(-c2ncccc2-c2ccc3c(cnn3C(=O)OC[C@H](N)Cc3c[nH]c4ccccc34)c2)ccc1F. The minimum atomic E-state index is -0.587. The lowest BCUT2D eigenvalue weighted by Crippen LogP contribution is -2.31. The molecule has 3 aromatic heterocycles. The summed E-state index contributed by atoms with van der Waals surface area (Å²) < 4.78 is 20.6. The van der Waals surface area contributed by atoms with Crippen molar-refractivity contribution in [3.8, 4) is 22.4 Å². The molecular weight excluding hydrogens is 493 g/mol. The first-order valence-electron chi connectivity index (χ1n) is 12.7. The molecule has 3 aromatic carbocycles.